The van der Waals surface area contributed by atoms with Crippen LogP contribution in [-0.4, -0.2) is 49.2 Å². The molecule has 6 heteroatoms. The predicted octanol–water partition coefficient (Wildman–Crippen LogP) is 1.41. The normalized spacial score (nSPS) is 25.2. The topological polar surface area (TPSA) is 66.6 Å². The van der Waals surface area contributed by atoms with Crippen molar-refractivity contribution < 1.29 is 8.42 Å². The van der Waals surface area contributed by atoms with Crippen molar-refractivity contribution in [1.82, 2.24) is 8.61 Å². The monoisotopic (exact) mass is 291 g/mol. The number of rotatable bonds is 7. The number of hydrogen-bond acceptors (Lipinski definition) is 3. The summed E-state index contributed by atoms with van der Waals surface area (Å²) in [5.74, 6) is 0.305. The minimum Gasteiger partial charge on any atom is -0.330 e. The molecule has 114 valence electrons. The van der Waals surface area contributed by atoms with Crippen LogP contribution in [0.5, 0.6) is 0 Å². The Hall–Kier alpha value is -0.170. The van der Waals surface area contributed by atoms with Gasteiger partial charge in [0.25, 0.3) is 10.2 Å². The maximum absolute atomic E-state index is 12.7. The Bertz CT molecular complexity index is 355. The van der Waals surface area contributed by atoms with Crippen molar-refractivity contribution in [2.75, 3.05) is 26.2 Å². The molecule has 19 heavy (non-hydrogen) atoms. The van der Waals surface area contributed by atoms with Crippen LogP contribution in [0.25, 0.3) is 0 Å². The van der Waals surface area contributed by atoms with E-state index in [0.717, 1.165) is 19.3 Å². The van der Waals surface area contributed by atoms with Crippen molar-refractivity contribution in [3.05, 3.63) is 0 Å². The second-order valence-electron chi connectivity index (χ2n) is 5.14. The second-order valence-corrected chi connectivity index (χ2v) is 7.02. The molecule has 1 rings (SSSR count). The molecule has 0 aromatic carbocycles. The summed E-state index contributed by atoms with van der Waals surface area (Å²) < 4.78 is 28.6. The summed E-state index contributed by atoms with van der Waals surface area (Å²) in [5.41, 5.74) is 5.84. The van der Waals surface area contributed by atoms with Crippen LogP contribution in [0.4, 0.5) is 0 Å². The van der Waals surface area contributed by atoms with Crippen LogP contribution in [0.3, 0.4) is 0 Å². The molecule has 1 aliphatic rings. The standard InChI is InChI=1S/C13H29N3O2S/c1-4-15(5-2)19(17,18)16(6-3)13-10-8-7-9-12(13)11-14/h12-13H,4-11,14H2,1-3H3. The van der Waals surface area contributed by atoms with E-state index in [4.69, 9.17) is 5.73 Å². The predicted molar refractivity (Wildman–Crippen MR) is 79.0 cm³/mol. The SMILES string of the molecule is CCN(CC)S(=O)(=O)N(CC)C1CCCCC1CN. The molecule has 0 heterocycles. The molecule has 2 unspecified atom stereocenters. The van der Waals surface area contributed by atoms with Crippen molar-refractivity contribution in [3.8, 4) is 0 Å². The molecule has 0 aromatic heterocycles. The van der Waals surface area contributed by atoms with E-state index in [1.807, 2.05) is 20.8 Å². The molecule has 5 nitrogen and oxygen atoms in total. The molecule has 0 spiro atoms. The van der Waals surface area contributed by atoms with Crippen LogP contribution < -0.4 is 5.73 Å². The van der Waals surface area contributed by atoms with Gasteiger partial charge < -0.3 is 5.73 Å². The Morgan fingerprint density at radius 2 is 1.63 bits per heavy atom. The van der Waals surface area contributed by atoms with Gasteiger partial charge in [-0.15, -0.1) is 0 Å². The maximum atomic E-state index is 12.7. The molecule has 1 saturated carbocycles. The summed E-state index contributed by atoms with van der Waals surface area (Å²) in [5, 5.41) is 0. The molecular formula is C13H29N3O2S. The van der Waals surface area contributed by atoms with Gasteiger partial charge in [0.15, 0.2) is 0 Å². The molecule has 0 saturated heterocycles. The molecule has 0 bridgehead atoms. The van der Waals surface area contributed by atoms with E-state index < -0.39 is 10.2 Å². The van der Waals surface area contributed by atoms with Crippen LogP contribution in [0.2, 0.25) is 0 Å². The lowest BCUT2D eigenvalue weighted by Gasteiger charge is -2.40. The summed E-state index contributed by atoms with van der Waals surface area (Å²) in [6.07, 6.45) is 4.26. The highest BCUT2D eigenvalue weighted by Gasteiger charge is 2.37. The van der Waals surface area contributed by atoms with Gasteiger partial charge in [-0.1, -0.05) is 33.6 Å². The highest BCUT2D eigenvalue weighted by Crippen LogP contribution is 2.30. The van der Waals surface area contributed by atoms with Gasteiger partial charge in [0.1, 0.15) is 0 Å². The lowest BCUT2D eigenvalue weighted by Crippen LogP contribution is -2.52. The van der Waals surface area contributed by atoms with Gasteiger partial charge in [-0.3, -0.25) is 0 Å². The molecule has 1 aliphatic carbocycles. The number of nitrogens with two attached hydrogens (primary N) is 1. The number of hydrogen-bond donors (Lipinski definition) is 1. The van der Waals surface area contributed by atoms with Crippen LogP contribution in [0.1, 0.15) is 46.5 Å². The van der Waals surface area contributed by atoms with E-state index in [-0.39, 0.29) is 6.04 Å². The highest BCUT2D eigenvalue weighted by atomic mass is 32.2. The number of nitrogens with zero attached hydrogens (tertiary/aromatic N) is 2. The van der Waals surface area contributed by atoms with Crippen LogP contribution in [-0.2, 0) is 10.2 Å². The third-order valence-corrected chi connectivity index (χ3v) is 6.47. The van der Waals surface area contributed by atoms with E-state index in [1.165, 1.54) is 6.42 Å². The van der Waals surface area contributed by atoms with Crippen molar-refractivity contribution >= 4 is 10.2 Å². The zero-order valence-electron chi connectivity index (χ0n) is 12.5. The first-order valence-corrected chi connectivity index (χ1v) is 8.89. The Morgan fingerprint density at radius 1 is 1.05 bits per heavy atom. The first-order chi connectivity index (χ1) is 9.02. The van der Waals surface area contributed by atoms with Crippen molar-refractivity contribution in [3.63, 3.8) is 0 Å². The fourth-order valence-electron chi connectivity index (χ4n) is 3.11. The van der Waals surface area contributed by atoms with Gasteiger partial charge in [0.05, 0.1) is 0 Å². The largest absolute Gasteiger partial charge is 0.330 e. The van der Waals surface area contributed by atoms with Gasteiger partial charge >= 0.3 is 0 Å². The van der Waals surface area contributed by atoms with Crippen molar-refractivity contribution in [1.29, 1.82) is 0 Å². The summed E-state index contributed by atoms with van der Waals surface area (Å²) >= 11 is 0. The molecule has 0 aliphatic heterocycles. The molecule has 1 fully saturated rings. The van der Waals surface area contributed by atoms with Crippen LogP contribution in [0.15, 0.2) is 0 Å². The Labute approximate surface area is 118 Å². The van der Waals surface area contributed by atoms with E-state index in [1.54, 1.807) is 8.61 Å². The van der Waals surface area contributed by atoms with Gasteiger partial charge in [-0.25, -0.2) is 0 Å². The van der Waals surface area contributed by atoms with Gasteiger partial charge in [-0.2, -0.15) is 17.0 Å². The third kappa shape index (κ3) is 3.68. The molecule has 0 aromatic rings. The molecule has 0 amide bonds. The van der Waals surface area contributed by atoms with E-state index in [2.05, 4.69) is 0 Å². The second kappa shape index (κ2) is 7.57. The molecule has 0 radical (unpaired) electrons. The molecular weight excluding hydrogens is 262 g/mol. The zero-order chi connectivity index (χ0) is 14.5. The van der Waals surface area contributed by atoms with Crippen LogP contribution >= 0.6 is 0 Å². The Balaban J connectivity index is 2.97. The first kappa shape index (κ1) is 16.9. The fourth-order valence-corrected chi connectivity index (χ4v) is 5.00. The minimum atomic E-state index is -3.34. The first-order valence-electron chi connectivity index (χ1n) is 7.49. The van der Waals surface area contributed by atoms with Gasteiger partial charge in [0.2, 0.25) is 0 Å². The van der Waals surface area contributed by atoms with Crippen molar-refractivity contribution in [2.24, 2.45) is 11.7 Å². The third-order valence-electron chi connectivity index (χ3n) is 4.18. The average molecular weight is 291 g/mol. The van der Waals surface area contributed by atoms with Gasteiger partial charge in [0, 0.05) is 25.7 Å². The summed E-state index contributed by atoms with van der Waals surface area (Å²) in [4.78, 5) is 0. The summed E-state index contributed by atoms with van der Waals surface area (Å²) in [6, 6.07) is 0.0781. The lowest BCUT2D eigenvalue weighted by molar-refractivity contribution is 0.178. The van der Waals surface area contributed by atoms with Crippen molar-refractivity contribution in [2.45, 2.75) is 52.5 Å². The summed E-state index contributed by atoms with van der Waals surface area (Å²) in [6.45, 7) is 7.84. The van der Waals surface area contributed by atoms with Crippen LogP contribution in [0, 0.1) is 5.92 Å². The van der Waals surface area contributed by atoms with E-state index in [0.29, 0.717) is 32.1 Å². The quantitative estimate of drug-likeness (QED) is 0.771. The van der Waals surface area contributed by atoms with E-state index >= 15 is 0 Å². The maximum Gasteiger partial charge on any atom is 0.282 e. The molecule has 2 atom stereocenters. The fraction of sp³-hybridized carbons (Fsp3) is 1.00. The van der Waals surface area contributed by atoms with Gasteiger partial charge in [-0.05, 0) is 25.3 Å². The zero-order valence-corrected chi connectivity index (χ0v) is 13.3. The lowest BCUT2D eigenvalue weighted by atomic mass is 9.84. The Morgan fingerprint density at radius 3 is 2.11 bits per heavy atom. The smallest absolute Gasteiger partial charge is 0.282 e. The van der Waals surface area contributed by atoms with E-state index in [9.17, 15) is 8.42 Å². The minimum absolute atomic E-state index is 0.0781. The highest BCUT2D eigenvalue weighted by molar-refractivity contribution is 7.86. The average Bonchev–Trinajstić information content (AvgIpc) is 2.40. The Kier molecular flexibility index (Phi) is 6.73. The summed E-state index contributed by atoms with van der Waals surface area (Å²) in [7, 11) is -3.34. The molecule has 2 N–H and O–H groups in total.